The molecule has 2 atom stereocenters. The molecular weight excluding hydrogens is 254 g/mol. The summed E-state index contributed by atoms with van der Waals surface area (Å²) in [5, 5.41) is 3.43. The van der Waals surface area contributed by atoms with Gasteiger partial charge in [0.2, 0.25) is 0 Å². The van der Waals surface area contributed by atoms with E-state index in [-0.39, 0.29) is 17.6 Å². The molecule has 2 N–H and O–H groups in total. The molecule has 2 rings (SSSR count). The van der Waals surface area contributed by atoms with Crippen molar-refractivity contribution in [2.75, 3.05) is 0 Å². The van der Waals surface area contributed by atoms with E-state index in [0.29, 0.717) is 5.82 Å². The van der Waals surface area contributed by atoms with E-state index in [1.54, 1.807) is 0 Å². The van der Waals surface area contributed by atoms with Gasteiger partial charge in [-0.05, 0) is 40.7 Å². The third-order valence-electron chi connectivity index (χ3n) is 3.34. The van der Waals surface area contributed by atoms with Crippen molar-refractivity contribution >= 4 is 0 Å². The zero-order chi connectivity index (χ0) is 14.9. The second-order valence-electron chi connectivity index (χ2n) is 5.25. The molecule has 0 fully saturated rings. The Labute approximate surface area is 118 Å². The molecule has 2 aromatic rings. The lowest BCUT2D eigenvalue weighted by atomic mass is 10.1. The third kappa shape index (κ3) is 3.17. The smallest absolute Gasteiger partial charge is 0.251 e. The molecule has 0 aliphatic rings. The highest BCUT2D eigenvalue weighted by atomic mass is 16.3. The lowest BCUT2D eigenvalue weighted by Gasteiger charge is -2.19. The number of hydrogen-bond acceptors (Lipinski definition) is 4. The Bertz CT molecular complexity index is 657. The number of aryl methyl sites for hydroxylation is 3. The monoisotopic (exact) mass is 275 g/mol. The SMILES string of the molecule is Cc1cc(=O)[nH]c([C@H](C)N[C@H](C)c2cc(C)oc2C)n1. The Morgan fingerprint density at radius 2 is 1.90 bits per heavy atom. The fourth-order valence-electron chi connectivity index (χ4n) is 2.43. The van der Waals surface area contributed by atoms with Gasteiger partial charge < -0.3 is 14.7 Å². The molecule has 0 unspecified atom stereocenters. The molecular formula is C15H21N3O2. The van der Waals surface area contributed by atoms with Crippen LogP contribution in [0.1, 0.15) is 54.5 Å². The van der Waals surface area contributed by atoms with Gasteiger partial charge in [-0.25, -0.2) is 4.98 Å². The molecule has 5 nitrogen and oxygen atoms in total. The van der Waals surface area contributed by atoms with E-state index in [0.717, 1.165) is 22.8 Å². The van der Waals surface area contributed by atoms with E-state index in [9.17, 15) is 4.79 Å². The zero-order valence-electron chi connectivity index (χ0n) is 12.6. The lowest BCUT2D eigenvalue weighted by Crippen LogP contribution is -2.26. The molecule has 0 aromatic carbocycles. The van der Waals surface area contributed by atoms with Gasteiger partial charge in [0.1, 0.15) is 17.3 Å². The molecule has 0 bridgehead atoms. The first-order valence-electron chi connectivity index (χ1n) is 6.77. The summed E-state index contributed by atoms with van der Waals surface area (Å²) in [6, 6.07) is 3.59. The Morgan fingerprint density at radius 1 is 1.20 bits per heavy atom. The van der Waals surface area contributed by atoms with Crippen LogP contribution in [0.15, 0.2) is 21.3 Å². The van der Waals surface area contributed by atoms with Gasteiger partial charge in [-0.3, -0.25) is 4.79 Å². The van der Waals surface area contributed by atoms with Crippen LogP contribution >= 0.6 is 0 Å². The van der Waals surface area contributed by atoms with Gasteiger partial charge in [-0.2, -0.15) is 0 Å². The summed E-state index contributed by atoms with van der Waals surface area (Å²) in [7, 11) is 0. The van der Waals surface area contributed by atoms with Gasteiger partial charge in [-0.15, -0.1) is 0 Å². The molecule has 108 valence electrons. The molecule has 20 heavy (non-hydrogen) atoms. The summed E-state index contributed by atoms with van der Waals surface area (Å²) in [5.74, 6) is 2.47. The van der Waals surface area contributed by atoms with Gasteiger partial charge >= 0.3 is 0 Å². The van der Waals surface area contributed by atoms with Gasteiger partial charge in [0, 0.05) is 23.4 Å². The molecule has 5 heteroatoms. The predicted molar refractivity (Wildman–Crippen MR) is 77.7 cm³/mol. The summed E-state index contributed by atoms with van der Waals surface area (Å²) < 4.78 is 5.55. The van der Waals surface area contributed by atoms with Crippen molar-refractivity contribution in [2.24, 2.45) is 0 Å². The fraction of sp³-hybridized carbons (Fsp3) is 0.467. The highest BCUT2D eigenvalue weighted by Gasteiger charge is 2.17. The molecule has 0 aliphatic heterocycles. The first kappa shape index (κ1) is 14.5. The van der Waals surface area contributed by atoms with Crippen LogP contribution in [-0.2, 0) is 0 Å². The van der Waals surface area contributed by atoms with Crippen LogP contribution in [0.2, 0.25) is 0 Å². The standard InChI is InChI=1S/C15H21N3O2/c1-8-6-14(19)18-15(16-8)11(4)17-10(3)13-7-9(2)20-12(13)5/h6-7,10-11,17H,1-5H3,(H,16,18,19)/t10-,11+/m1/s1. The van der Waals surface area contributed by atoms with Crippen LogP contribution in [-0.4, -0.2) is 9.97 Å². The van der Waals surface area contributed by atoms with Crippen LogP contribution < -0.4 is 10.9 Å². The van der Waals surface area contributed by atoms with E-state index >= 15 is 0 Å². The van der Waals surface area contributed by atoms with Crippen LogP contribution in [0.25, 0.3) is 0 Å². The van der Waals surface area contributed by atoms with E-state index in [2.05, 4.69) is 22.2 Å². The largest absolute Gasteiger partial charge is 0.466 e. The minimum atomic E-state index is -0.121. The molecule has 2 heterocycles. The molecule has 0 amide bonds. The van der Waals surface area contributed by atoms with Crippen LogP contribution in [0.4, 0.5) is 0 Å². The van der Waals surface area contributed by atoms with Gasteiger partial charge in [0.15, 0.2) is 0 Å². The molecule has 0 radical (unpaired) electrons. The van der Waals surface area contributed by atoms with Gasteiger partial charge in [-0.1, -0.05) is 0 Å². The van der Waals surface area contributed by atoms with E-state index in [1.807, 2.05) is 33.8 Å². The zero-order valence-corrected chi connectivity index (χ0v) is 12.6. The Morgan fingerprint density at radius 3 is 2.45 bits per heavy atom. The summed E-state index contributed by atoms with van der Waals surface area (Å²) >= 11 is 0. The normalized spacial score (nSPS) is 14.2. The van der Waals surface area contributed by atoms with Crippen molar-refractivity contribution in [1.29, 1.82) is 0 Å². The molecule has 0 saturated heterocycles. The van der Waals surface area contributed by atoms with E-state index in [4.69, 9.17) is 4.42 Å². The van der Waals surface area contributed by atoms with Crippen molar-refractivity contribution < 1.29 is 4.42 Å². The maximum Gasteiger partial charge on any atom is 0.251 e. The highest BCUT2D eigenvalue weighted by molar-refractivity contribution is 5.23. The number of H-pyrrole nitrogens is 1. The highest BCUT2D eigenvalue weighted by Crippen LogP contribution is 2.23. The first-order chi connectivity index (χ1) is 9.36. The Kier molecular flexibility index (Phi) is 4.09. The number of furan rings is 1. The average Bonchev–Trinajstić information content (AvgIpc) is 2.67. The number of aromatic amines is 1. The van der Waals surface area contributed by atoms with Crippen LogP contribution in [0.3, 0.4) is 0 Å². The van der Waals surface area contributed by atoms with Crippen LogP contribution in [0, 0.1) is 20.8 Å². The van der Waals surface area contributed by atoms with Gasteiger partial charge in [0.05, 0.1) is 6.04 Å². The van der Waals surface area contributed by atoms with Crippen molar-refractivity contribution in [3.63, 3.8) is 0 Å². The summed E-state index contributed by atoms with van der Waals surface area (Å²) in [6.07, 6.45) is 0. The molecule has 0 spiro atoms. The minimum absolute atomic E-state index is 0.0489. The number of aromatic nitrogens is 2. The average molecular weight is 275 g/mol. The van der Waals surface area contributed by atoms with E-state index in [1.165, 1.54) is 6.07 Å². The number of nitrogens with zero attached hydrogens (tertiary/aromatic N) is 1. The third-order valence-corrected chi connectivity index (χ3v) is 3.34. The number of rotatable bonds is 4. The summed E-state index contributed by atoms with van der Waals surface area (Å²) in [5.41, 5.74) is 1.73. The van der Waals surface area contributed by atoms with Crippen molar-refractivity contribution in [1.82, 2.24) is 15.3 Å². The second-order valence-corrected chi connectivity index (χ2v) is 5.25. The Balaban J connectivity index is 2.16. The maximum absolute atomic E-state index is 11.5. The molecule has 0 saturated carbocycles. The van der Waals surface area contributed by atoms with Crippen molar-refractivity contribution in [3.05, 3.63) is 51.1 Å². The van der Waals surface area contributed by atoms with Crippen molar-refractivity contribution in [3.8, 4) is 0 Å². The topological polar surface area (TPSA) is 70.9 Å². The first-order valence-corrected chi connectivity index (χ1v) is 6.77. The quantitative estimate of drug-likeness (QED) is 0.900. The number of hydrogen-bond donors (Lipinski definition) is 2. The lowest BCUT2D eigenvalue weighted by molar-refractivity contribution is 0.457. The Hall–Kier alpha value is -1.88. The second kappa shape index (κ2) is 5.63. The summed E-state index contributed by atoms with van der Waals surface area (Å²) in [4.78, 5) is 18.6. The molecule has 2 aromatic heterocycles. The predicted octanol–water partition coefficient (Wildman–Crippen LogP) is 2.70. The minimum Gasteiger partial charge on any atom is -0.466 e. The van der Waals surface area contributed by atoms with E-state index < -0.39 is 0 Å². The summed E-state index contributed by atoms with van der Waals surface area (Å²) in [6.45, 7) is 9.76. The molecule has 0 aliphatic carbocycles. The van der Waals surface area contributed by atoms with Gasteiger partial charge in [0.25, 0.3) is 5.56 Å². The fourth-order valence-corrected chi connectivity index (χ4v) is 2.43. The number of nitrogens with one attached hydrogen (secondary N) is 2. The van der Waals surface area contributed by atoms with Crippen LogP contribution in [0.5, 0.6) is 0 Å². The maximum atomic E-state index is 11.5. The van der Waals surface area contributed by atoms with Crippen molar-refractivity contribution in [2.45, 2.75) is 46.7 Å².